The molecule has 3 N–H and O–H groups in total. The second-order valence-electron chi connectivity index (χ2n) is 5.84. The molecular formula is C15H20BrNO4. The minimum atomic E-state index is -1.38. The van der Waals surface area contributed by atoms with Crippen molar-refractivity contribution >= 4 is 27.9 Å². The molecule has 0 radical (unpaired) electrons. The van der Waals surface area contributed by atoms with Gasteiger partial charge < -0.3 is 15.6 Å². The van der Waals surface area contributed by atoms with Crippen molar-refractivity contribution in [2.45, 2.75) is 38.8 Å². The highest BCUT2D eigenvalue weighted by Crippen LogP contribution is 2.17. The highest BCUT2D eigenvalue weighted by molar-refractivity contribution is 9.10. The van der Waals surface area contributed by atoms with Crippen molar-refractivity contribution in [1.82, 2.24) is 0 Å². The fourth-order valence-corrected chi connectivity index (χ4v) is 2.10. The summed E-state index contributed by atoms with van der Waals surface area (Å²) in [4.78, 5) is 23.3. The van der Waals surface area contributed by atoms with Gasteiger partial charge in [-0.1, -0.05) is 28.1 Å². The zero-order valence-corrected chi connectivity index (χ0v) is 13.9. The first-order valence-electron chi connectivity index (χ1n) is 6.56. The van der Waals surface area contributed by atoms with Gasteiger partial charge >= 0.3 is 11.9 Å². The van der Waals surface area contributed by atoms with Gasteiger partial charge in [0.25, 0.3) is 0 Å². The Morgan fingerprint density at radius 3 is 2.24 bits per heavy atom. The zero-order chi connectivity index (χ0) is 16.2. The lowest BCUT2D eigenvalue weighted by Crippen LogP contribution is -2.45. The second-order valence-corrected chi connectivity index (χ2v) is 6.76. The molecule has 0 bridgehead atoms. The van der Waals surface area contributed by atoms with Crippen LogP contribution in [0.2, 0.25) is 0 Å². The van der Waals surface area contributed by atoms with Crippen LogP contribution in [0.15, 0.2) is 28.7 Å². The monoisotopic (exact) mass is 357 g/mol. The van der Waals surface area contributed by atoms with Gasteiger partial charge in [0.1, 0.15) is 5.60 Å². The third-order valence-electron chi connectivity index (χ3n) is 2.74. The number of carbonyl (C=O) groups is 2. The molecule has 1 aromatic carbocycles. The molecule has 6 heteroatoms. The molecule has 0 saturated carbocycles. The van der Waals surface area contributed by atoms with E-state index in [9.17, 15) is 14.7 Å². The molecule has 0 unspecified atom stereocenters. The van der Waals surface area contributed by atoms with E-state index in [0.717, 1.165) is 10.0 Å². The maximum absolute atomic E-state index is 12.0. The highest BCUT2D eigenvalue weighted by Gasteiger charge is 2.36. The molecule has 1 rings (SSSR count). The molecule has 0 aliphatic rings. The van der Waals surface area contributed by atoms with Crippen molar-refractivity contribution in [2.24, 2.45) is 11.7 Å². The smallest absolute Gasteiger partial charge is 0.322 e. The standard InChI is InChI=1S/C15H20BrNO4/c1-15(2,3)21-14(20)12(13(18)19)11(17)8-9-4-6-10(16)7-5-9/h4-7,11-12H,8,17H2,1-3H3,(H,18,19)/t11-,12+/m1/s1. The summed E-state index contributed by atoms with van der Waals surface area (Å²) in [7, 11) is 0. The first-order valence-corrected chi connectivity index (χ1v) is 7.35. The van der Waals surface area contributed by atoms with E-state index in [1.165, 1.54) is 0 Å². The quantitative estimate of drug-likeness (QED) is 0.623. The van der Waals surface area contributed by atoms with Gasteiger partial charge in [-0.25, -0.2) is 0 Å². The SMILES string of the molecule is CC(C)(C)OC(=O)[C@H](C(=O)O)[C@H](N)Cc1ccc(Br)cc1. The summed E-state index contributed by atoms with van der Waals surface area (Å²) in [5.41, 5.74) is 6.03. The van der Waals surface area contributed by atoms with Crippen LogP contribution < -0.4 is 5.73 Å². The number of hydrogen-bond donors (Lipinski definition) is 2. The second kappa shape index (κ2) is 7.04. The largest absolute Gasteiger partial charge is 0.481 e. The Labute approximate surface area is 132 Å². The third kappa shape index (κ3) is 5.85. The number of carbonyl (C=O) groups excluding carboxylic acids is 1. The van der Waals surface area contributed by atoms with E-state index in [1.54, 1.807) is 20.8 Å². The fourth-order valence-electron chi connectivity index (χ4n) is 1.83. The van der Waals surface area contributed by atoms with Crippen LogP contribution in [-0.2, 0) is 20.7 Å². The average molecular weight is 358 g/mol. The maximum Gasteiger partial charge on any atom is 0.322 e. The molecule has 116 valence electrons. The van der Waals surface area contributed by atoms with Gasteiger partial charge in [0, 0.05) is 10.5 Å². The van der Waals surface area contributed by atoms with Crippen LogP contribution in [0.1, 0.15) is 26.3 Å². The molecule has 1 aromatic rings. The van der Waals surface area contributed by atoms with E-state index in [2.05, 4.69) is 15.9 Å². The summed E-state index contributed by atoms with van der Waals surface area (Å²) < 4.78 is 6.05. The zero-order valence-electron chi connectivity index (χ0n) is 12.3. The number of halogens is 1. The molecule has 0 aromatic heterocycles. The molecular weight excluding hydrogens is 338 g/mol. The van der Waals surface area contributed by atoms with Crippen LogP contribution in [0.4, 0.5) is 0 Å². The van der Waals surface area contributed by atoms with Crippen LogP contribution in [0.3, 0.4) is 0 Å². The van der Waals surface area contributed by atoms with Gasteiger partial charge in [-0.05, 0) is 44.9 Å². The van der Waals surface area contributed by atoms with E-state index in [4.69, 9.17) is 10.5 Å². The van der Waals surface area contributed by atoms with Crippen LogP contribution in [0.25, 0.3) is 0 Å². The van der Waals surface area contributed by atoms with Gasteiger partial charge in [0.05, 0.1) is 0 Å². The predicted octanol–water partition coefficient (Wildman–Crippen LogP) is 2.36. The van der Waals surface area contributed by atoms with Gasteiger partial charge in [-0.2, -0.15) is 0 Å². The van der Waals surface area contributed by atoms with Crippen LogP contribution in [0.5, 0.6) is 0 Å². The molecule has 5 nitrogen and oxygen atoms in total. The number of carboxylic acids is 1. The number of esters is 1. The van der Waals surface area contributed by atoms with Gasteiger partial charge in [-0.15, -0.1) is 0 Å². The molecule has 0 fully saturated rings. The summed E-state index contributed by atoms with van der Waals surface area (Å²) in [6, 6.07) is 6.49. The van der Waals surface area contributed by atoms with E-state index in [0.29, 0.717) is 0 Å². The van der Waals surface area contributed by atoms with E-state index in [-0.39, 0.29) is 6.42 Å². The van der Waals surface area contributed by atoms with E-state index in [1.807, 2.05) is 24.3 Å². The molecule has 0 amide bonds. The summed E-state index contributed by atoms with van der Waals surface area (Å²) in [6.45, 7) is 5.05. The topological polar surface area (TPSA) is 89.6 Å². The Morgan fingerprint density at radius 2 is 1.81 bits per heavy atom. The molecule has 0 spiro atoms. The Morgan fingerprint density at radius 1 is 1.29 bits per heavy atom. The highest BCUT2D eigenvalue weighted by atomic mass is 79.9. The van der Waals surface area contributed by atoms with Gasteiger partial charge in [0.2, 0.25) is 0 Å². The molecule has 2 atom stereocenters. The molecule has 21 heavy (non-hydrogen) atoms. The van der Waals surface area contributed by atoms with Gasteiger partial charge in [-0.3, -0.25) is 9.59 Å². The summed E-state index contributed by atoms with van der Waals surface area (Å²) in [5.74, 6) is -3.46. The van der Waals surface area contributed by atoms with Crippen LogP contribution in [-0.4, -0.2) is 28.7 Å². The number of aliphatic carboxylic acids is 1. The van der Waals surface area contributed by atoms with Crippen LogP contribution >= 0.6 is 15.9 Å². The lowest BCUT2D eigenvalue weighted by atomic mass is 9.94. The minimum Gasteiger partial charge on any atom is -0.481 e. The van der Waals surface area contributed by atoms with Crippen molar-refractivity contribution in [3.8, 4) is 0 Å². The normalized spacial score (nSPS) is 14.3. The fraction of sp³-hybridized carbons (Fsp3) is 0.467. The summed E-state index contributed by atoms with van der Waals surface area (Å²) >= 11 is 3.32. The van der Waals surface area contributed by atoms with Crippen molar-refractivity contribution in [3.63, 3.8) is 0 Å². The average Bonchev–Trinajstić information content (AvgIpc) is 2.29. The van der Waals surface area contributed by atoms with Crippen molar-refractivity contribution in [3.05, 3.63) is 34.3 Å². The Balaban J connectivity index is 2.82. The number of benzene rings is 1. The third-order valence-corrected chi connectivity index (χ3v) is 3.27. The Hall–Kier alpha value is -1.40. The summed E-state index contributed by atoms with van der Waals surface area (Å²) in [5, 5.41) is 9.24. The first kappa shape index (κ1) is 17.7. The number of nitrogens with two attached hydrogens (primary N) is 1. The lowest BCUT2D eigenvalue weighted by molar-refractivity contribution is -0.167. The Kier molecular flexibility index (Phi) is 5.92. The minimum absolute atomic E-state index is 0.281. The van der Waals surface area contributed by atoms with Crippen molar-refractivity contribution in [1.29, 1.82) is 0 Å². The van der Waals surface area contributed by atoms with Crippen molar-refractivity contribution in [2.75, 3.05) is 0 Å². The number of ether oxygens (including phenoxy) is 1. The predicted molar refractivity (Wildman–Crippen MR) is 82.8 cm³/mol. The van der Waals surface area contributed by atoms with E-state index < -0.39 is 29.5 Å². The molecule has 0 heterocycles. The maximum atomic E-state index is 12.0. The molecule has 0 saturated heterocycles. The van der Waals surface area contributed by atoms with Gasteiger partial charge in [0.15, 0.2) is 5.92 Å². The lowest BCUT2D eigenvalue weighted by Gasteiger charge is -2.25. The summed E-state index contributed by atoms with van der Waals surface area (Å²) in [6.07, 6.45) is 0.281. The first-order chi connectivity index (χ1) is 9.60. The number of rotatable bonds is 5. The van der Waals surface area contributed by atoms with Crippen molar-refractivity contribution < 1.29 is 19.4 Å². The van der Waals surface area contributed by atoms with Crippen LogP contribution in [0, 0.1) is 5.92 Å². The Bertz CT molecular complexity index is 507. The number of carboxylic acid groups (broad SMARTS) is 1. The number of hydrogen-bond acceptors (Lipinski definition) is 4. The van der Waals surface area contributed by atoms with E-state index >= 15 is 0 Å². The molecule has 0 aliphatic carbocycles. The molecule has 0 aliphatic heterocycles.